The number of aliphatic hydroxyl groups excluding tert-OH is 2. The van der Waals surface area contributed by atoms with E-state index in [1.54, 1.807) is 0 Å². The maximum absolute atomic E-state index is 11.9. The molecule has 0 aromatic carbocycles. The van der Waals surface area contributed by atoms with E-state index >= 15 is 0 Å². The first-order valence-electron chi connectivity index (χ1n) is 3.22. The molecule has 12 heavy (non-hydrogen) atoms. The Morgan fingerprint density at radius 3 is 2.00 bits per heavy atom. The van der Waals surface area contributed by atoms with Crippen LogP contribution in [-0.4, -0.2) is 41.4 Å². The van der Waals surface area contributed by atoms with Crippen molar-refractivity contribution in [2.75, 3.05) is 13.2 Å². The normalized spacial score (nSPS) is 17.5. The van der Waals surface area contributed by atoms with E-state index in [1.807, 2.05) is 14.6 Å². The minimum atomic E-state index is -4.49. The molecule has 74 valence electrons. The molecule has 3 atom stereocenters. The fraction of sp³-hybridized carbons (Fsp3) is 1.00. The van der Waals surface area contributed by atoms with Crippen molar-refractivity contribution in [2.45, 2.75) is 18.0 Å². The van der Waals surface area contributed by atoms with Gasteiger partial charge in [0, 0.05) is 5.78 Å². The fourth-order valence-corrected chi connectivity index (χ4v) is 0.794. The molecule has 0 radical (unpaired) electrons. The molecule has 0 heterocycles. The van der Waals surface area contributed by atoms with E-state index in [9.17, 15) is 13.2 Å². The van der Waals surface area contributed by atoms with Crippen molar-refractivity contribution < 1.29 is 23.4 Å². The van der Waals surface area contributed by atoms with Gasteiger partial charge in [-0.15, -0.1) is 9.24 Å². The Morgan fingerprint density at radius 1 is 1.25 bits per heavy atom. The van der Waals surface area contributed by atoms with Crippen LogP contribution < -0.4 is 5.32 Å². The Bertz CT molecular complexity index is 132. The van der Waals surface area contributed by atoms with Gasteiger partial charge in [0.1, 0.15) is 6.04 Å². The van der Waals surface area contributed by atoms with E-state index < -0.39 is 31.2 Å². The Labute approximate surface area is 70.2 Å². The van der Waals surface area contributed by atoms with Crippen LogP contribution in [0.2, 0.25) is 0 Å². The van der Waals surface area contributed by atoms with Crippen molar-refractivity contribution in [3.8, 4) is 0 Å². The molecule has 0 aliphatic rings. The topological polar surface area (TPSA) is 52.5 Å². The summed E-state index contributed by atoms with van der Waals surface area (Å²) in [6.45, 7) is -1.47. The molecular weight excluding hydrogens is 194 g/mol. The Hall–Kier alpha value is 0.100. The lowest BCUT2D eigenvalue weighted by Gasteiger charge is -2.22. The minimum Gasteiger partial charge on any atom is -0.394 e. The van der Waals surface area contributed by atoms with Gasteiger partial charge in [-0.25, -0.2) is 0 Å². The van der Waals surface area contributed by atoms with Gasteiger partial charge in [-0.3, -0.25) is 5.32 Å². The molecule has 0 bridgehead atoms. The van der Waals surface area contributed by atoms with Gasteiger partial charge >= 0.3 is 6.18 Å². The first-order chi connectivity index (χ1) is 5.41. The number of rotatable bonds is 4. The highest BCUT2D eigenvalue weighted by Gasteiger charge is 2.39. The third kappa shape index (κ3) is 4.21. The highest BCUT2D eigenvalue weighted by atomic mass is 31.0. The standard InChI is InChI=1S/C5H11F3NO2P/c6-5(7,8)3(1-10)9-4(12)2-11/h3-4,9-11H,1-2,12H2/t3-,4+/m0/s1. The monoisotopic (exact) mass is 205 g/mol. The Kier molecular flexibility index (Phi) is 5.01. The predicted octanol–water partition coefficient (Wildman–Crippen LogP) is -0.307. The molecule has 0 saturated carbocycles. The molecule has 0 amide bonds. The summed E-state index contributed by atoms with van der Waals surface area (Å²) in [5, 5.41) is 18.7. The molecule has 1 unspecified atom stereocenters. The lowest BCUT2D eigenvalue weighted by molar-refractivity contribution is -0.164. The van der Waals surface area contributed by atoms with Crippen LogP contribution in [0.4, 0.5) is 13.2 Å². The summed E-state index contributed by atoms with van der Waals surface area (Å²) in [6.07, 6.45) is -4.49. The van der Waals surface area contributed by atoms with Crippen LogP contribution in [0.25, 0.3) is 0 Å². The van der Waals surface area contributed by atoms with E-state index in [4.69, 9.17) is 10.2 Å². The third-order valence-corrected chi connectivity index (χ3v) is 1.59. The van der Waals surface area contributed by atoms with Crippen LogP contribution in [0.1, 0.15) is 0 Å². The summed E-state index contributed by atoms with van der Waals surface area (Å²) < 4.78 is 35.7. The molecule has 0 aliphatic carbocycles. The van der Waals surface area contributed by atoms with Crippen molar-refractivity contribution in [2.24, 2.45) is 0 Å². The van der Waals surface area contributed by atoms with Crippen molar-refractivity contribution in [1.82, 2.24) is 5.32 Å². The molecule has 3 N–H and O–H groups in total. The first-order valence-corrected chi connectivity index (χ1v) is 3.88. The van der Waals surface area contributed by atoms with Crippen molar-refractivity contribution in [1.29, 1.82) is 0 Å². The molecule has 0 spiro atoms. The second-order valence-electron chi connectivity index (χ2n) is 2.23. The number of halogens is 3. The number of alkyl halides is 3. The van der Waals surface area contributed by atoms with E-state index in [0.717, 1.165) is 0 Å². The predicted molar refractivity (Wildman–Crippen MR) is 40.6 cm³/mol. The van der Waals surface area contributed by atoms with Gasteiger partial charge in [-0.1, -0.05) is 0 Å². The molecular formula is C5H11F3NO2P. The summed E-state index contributed by atoms with van der Waals surface area (Å²) in [7, 11) is 1.99. The lowest BCUT2D eigenvalue weighted by Crippen LogP contribution is -2.48. The molecule has 7 heteroatoms. The number of nitrogens with one attached hydrogen (secondary N) is 1. The SMILES string of the molecule is OC[C@@H](P)N[C@@H](CO)C(F)(F)F. The summed E-state index contributed by atoms with van der Waals surface area (Å²) in [5.41, 5.74) is 0. The zero-order valence-corrected chi connectivity index (χ0v) is 7.33. The fourth-order valence-electron chi connectivity index (χ4n) is 0.562. The molecule has 0 aromatic heterocycles. The van der Waals surface area contributed by atoms with Crippen LogP contribution in [0.3, 0.4) is 0 Å². The van der Waals surface area contributed by atoms with Gasteiger partial charge in [-0.05, 0) is 0 Å². The van der Waals surface area contributed by atoms with Gasteiger partial charge in [-0.2, -0.15) is 13.2 Å². The van der Waals surface area contributed by atoms with Crippen molar-refractivity contribution in [3.63, 3.8) is 0 Å². The van der Waals surface area contributed by atoms with Gasteiger partial charge in [0.25, 0.3) is 0 Å². The number of aliphatic hydroxyl groups is 2. The highest BCUT2D eigenvalue weighted by molar-refractivity contribution is 7.17. The number of hydrogen-bond acceptors (Lipinski definition) is 3. The molecule has 0 rings (SSSR count). The lowest BCUT2D eigenvalue weighted by atomic mass is 10.3. The highest BCUT2D eigenvalue weighted by Crippen LogP contribution is 2.20. The Morgan fingerprint density at radius 2 is 1.75 bits per heavy atom. The third-order valence-electron chi connectivity index (χ3n) is 1.19. The second kappa shape index (κ2) is 4.97. The summed E-state index contributed by atoms with van der Waals surface area (Å²) in [4.78, 5) is 0. The van der Waals surface area contributed by atoms with Gasteiger partial charge in [0.15, 0.2) is 0 Å². The quantitative estimate of drug-likeness (QED) is 0.552. The summed E-state index contributed by atoms with van der Waals surface area (Å²) >= 11 is 0. The van der Waals surface area contributed by atoms with Crippen LogP contribution in [0.5, 0.6) is 0 Å². The first kappa shape index (κ1) is 12.1. The zero-order valence-electron chi connectivity index (χ0n) is 6.17. The zero-order chi connectivity index (χ0) is 9.78. The maximum Gasteiger partial charge on any atom is 0.406 e. The van der Waals surface area contributed by atoms with Gasteiger partial charge in [0.2, 0.25) is 0 Å². The smallest absolute Gasteiger partial charge is 0.394 e. The molecule has 0 saturated heterocycles. The Balaban J connectivity index is 4.00. The van der Waals surface area contributed by atoms with E-state index in [0.29, 0.717) is 0 Å². The number of hydrogen-bond donors (Lipinski definition) is 3. The molecule has 0 fully saturated rings. The molecule has 0 aliphatic heterocycles. The van der Waals surface area contributed by atoms with Crippen molar-refractivity contribution >= 4 is 9.24 Å². The summed E-state index contributed by atoms with van der Waals surface area (Å²) in [6, 6.07) is -1.98. The minimum absolute atomic E-state index is 0.433. The average Bonchev–Trinajstić information content (AvgIpc) is 1.97. The van der Waals surface area contributed by atoms with E-state index in [-0.39, 0.29) is 0 Å². The van der Waals surface area contributed by atoms with Crippen LogP contribution in [0, 0.1) is 0 Å². The maximum atomic E-state index is 11.9. The van der Waals surface area contributed by atoms with Gasteiger partial charge in [0.05, 0.1) is 13.2 Å². The molecule has 0 aromatic rings. The second-order valence-corrected chi connectivity index (χ2v) is 3.04. The van der Waals surface area contributed by atoms with Crippen molar-refractivity contribution in [3.05, 3.63) is 0 Å². The largest absolute Gasteiger partial charge is 0.406 e. The van der Waals surface area contributed by atoms with Crippen LogP contribution in [0.15, 0.2) is 0 Å². The molecule has 3 nitrogen and oxygen atoms in total. The van der Waals surface area contributed by atoms with Crippen LogP contribution in [-0.2, 0) is 0 Å². The summed E-state index contributed by atoms with van der Waals surface area (Å²) in [5.74, 6) is -0.760. The van der Waals surface area contributed by atoms with Gasteiger partial charge < -0.3 is 10.2 Å². The van der Waals surface area contributed by atoms with Crippen LogP contribution >= 0.6 is 9.24 Å². The van der Waals surface area contributed by atoms with E-state index in [1.165, 1.54) is 0 Å². The average molecular weight is 205 g/mol. The van der Waals surface area contributed by atoms with E-state index in [2.05, 4.69) is 0 Å².